The number of carbonyl (C=O) groups is 1. The van der Waals surface area contributed by atoms with Crippen molar-refractivity contribution in [3.8, 4) is 0 Å². The van der Waals surface area contributed by atoms with Gasteiger partial charge in [0.15, 0.2) is 0 Å². The Balaban J connectivity index is 1.32. The van der Waals surface area contributed by atoms with Crippen LogP contribution in [0.25, 0.3) is 0 Å². The number of piperazine rings is 1. The number of nitrogens with zero attached hydrogens (tertiary/aromatic N) is 4. The maximum Gasteiger partial charge on any atom is 0.269 e. The first kappa shape index (κ1) is 21.0. The Kier molecular flexibility index (Phi) is 6.54. The predicted molar refractivity (Wildman–Crippen MR) is 120 cm³/mol. The van der Waals surface area contributed by atoms with E-state index in [1.165, 1.54) is 23.5 Å². The third kappa shape index (κ3) is 5.25. The highest BCUT2D eigenvalue weighted by Gasteiger charge is 2.23. The molecule has 1 aliphatic heterocycles. The predicted octanol–water partition coefficient (Wildman–Crippen LogP) is 3.08. The van der Waals surface area contributed by atoms with Gasteiger partial charge in [-0.25, -0.2) is 4.98 Å². The third-order valence-electron chi connectivity index (χ3n) is 5.30. The summed E-state index contributed by atoms with van der Waals surface area (Å²) in [6, 6.07) is 16.2. The Labute approximate surface area is 184 Å². The van der Waals surface area contributed by atoms with Gasteiger partial charge in [-0.1, -0.05) is 30.3 Å². The van der Waals surface area contributed by atoms with Crippen LogP contribution in [-0.4, -0.2) is 53.4 Å². The van der Waals surface area contributed by atoms with Gasteiger partial charge in [-0.2, -0.15) is 0 Å². The zero-order valence-electron chi connectivity index (χ0n) is 16.9. The van der Waals surface area contributed by atoms with Crippen molar-refractivity contribution in [3.63, 3.8) is 0 Å². The molecular weight excluding hydrogens is 414 g/mol. The number of thiazole rings is 1. The van der Waals surface area contributed by atoms with Crippen LogP contribution in [0.1, 0.15) is 16.6 Å². The van der Waals surface area contributed by atoms with Crippen molar-refractivity contribution in [1.82, 2.24) is 15.2 Å². The van der Waals surface area contributed by atoms with E-state index >= 15 is 0 Å². The standard InChI is InChI=1S/C22H23N5O3S/c28-20(24-21(22-23-10-15-31-22)17-4-2-1-3-5-17)16-25-11-13-26(14-12-25)18-6-8-19(9-7-18)27(29)30/h1-10,15,21H,11-14,16H2,(H,24,28). The van der Waals surface area contributed by atoms with Gasteiger partial charge in [0.2, 0.25) is 5.91 Å². The molecular formula is C22H23N5O3S. The zero-order chi connectivity index (χ0) is 21.6. The Morgan fingerprint density at radius 2 is 1.81 bits per heavy atom. The normalized spacial score (nSPS) is 15.4. The molecule has 0 bridgehead atoms. The largest absolute Gasteiger partial charge is 0.369 e. The van der Waals surface area contributed by atoms with Crippen LogP contribution in [0.3, 0.4) is 0 Å². The first-order valence-corrected chi connectivity index (χ1v) is 10.9. The van der Waals surface area contributed by atoms with Crippen LogP contribution in [0.15, 0.2) is 66.2 Å². The fourth-order valence-electron chi connectivity index (χ4n) is 3.67. The van der Waals surface area contributed by atoms with Gasteiger partial charge in [0.05, 0.1) is 11.5 Å². The van der Waals surface area contributed by atoms with Crippen molar-refractivity contribution in [3.05, 3.63) is 86.9 Å². The number of nitro benzene ring substituents is 1. The molecule has 160 valence electrons. The summed E-state index contributed by atoms with van der Waals surface area (Å²) in [4.78, 5) is 31.9. The molecule has 0 aliphatic carbocycles. The molecule has 8 nitrogen and oxygen atoms in total. The Morgan fingerprint density at radius 1 is 1.10 bits per heavy atom. The molecule has 4 rings (SSSR count). The number of amides is 1. The number of nitro groups is 1. The molecule has 1 atom stereocenters. The van der Waals surface area contributed by atoms with Crippen LogP contribution in [0.5, 0.6) is 0 Å². The molecule has 0 saturated carbocycles. The number of rotatable bonds is 7. The van der Waals surface area contributed by atoms with E-state index in [0.717, 1.165) is 42.4 Å². The van der Waals surface area contributed by atoms with Crippen molar-refractivity contribution in [2.24, 2.45) is 0 Å². The van der Waals surface area contributed by atoms with Gasteiger partial charge in [0, 0.05) is 55.6 Å². The maximum absolute atomic E-state index is 12.8. The van der Waals surface area contributed by atoms with Crippen LogP contribution >= 0.6 is 11.3 Å². The second kappa shape index (κ2) is 9.67. The number of non-ortho nitro benzene ring substituents is 1. The van der Waals surface area contributed by atoms with E-state index < -0.39 is 4.92 Å². The Hall–Kier alpha value is -3.30. The topological polar surface area (TPSA) is 91.6 Å². The van der Waals surface area contributed by atoms with E-state index in [9.17, 15) is 14.9 Å². The molecule has 1 fully saturated rings. The number of carbonyl (C=O) groups excluding carboxylic acids is 1. The van der Waals surface area contributed by atoms with Crippen LogP contribution < -0.4 is 10.2 Å². The number of benzene rings is 2. The number of hydrogen-bond donors (Lipinski definition) is 1. The first-order chi connectivity index (χ1) is 15.1. The van der Waals surface area contributed by atoms with Crippen LogP contribution in [-0.2, 0) is 4.79 Å². The van der Waals surface area contributed by atoms with Crippen molar-refractivity contribution in [2.45, 2.75) is 6.04 Å². The van der Waals surface area contributed by atoms with Gasteiger partial charge in [0.25, 0.3) is 5.69 Å². The van der Waals surface area contributed by atoms with E-state index in [-0.39, 0.29) is 17.6 Å². The van der Waals surface area contributed by atoms with Crippen LogP contribution in [0, 0.1) is 10.1 Å². The molecule has 2 heterocycles. The summed E-state index contributed by atoms with van der Waals surface area (Å²) in [5.74, 6) is -0.0344. The second-order valence-corrected chi connectivity index (χ2v) is 8.24. The van der Waals surface area contributed by atoms with Gasteiger partial charge < -0.3 is 10.2 Å². The van der Waals surface area contributed by atoms with Crippen LogP contribution in [0.4, 0.5) is 11.4 Å². The van der Waals surface area contributed by atoms with E-state index in [0.29, 0.717) is 6.54 Å². The molecule has 0 spiro atoms. The average Bonchev–Trinajstić information content (AvgIpc) is 3.33. The van der Waals surface area contributed by atoms with Crippen molar-refractivity contribution in [1.29, 1.82) is 0 Å². The van der Waals surface area contributed by atoms with E-state index in [1.807, 2.05) is 35.7 Å². The lowest BCUT2D eigenvalue weighted by molar-refractivity contribution is -0.384. The smallest absolute Gasteiger partial charge is 0.269 e. The summed E-state index contributed by atoms with van der Waals surface area (Å²) < 4.78 is 0. The van der Waals surface area contributed by atoms with Gasteiger partial charge in [-0.3, -0.25) is 19.8 Å². The minimum atomic E-state index is -0.394. The average molecular weight is 438 g/mol. The first-order valence-electron chi connectivity index (χ1n) is 10.1. The highest BCUT2D eigenvalue weighted by atomic mass is 32.1. The van der Waals surface area contributed by atoms with Gasteiger partial charge in [-0.05, 0) is 17.7 Å². The fourth-order valence-corrected chi connectivity index (χ4v) is 4.38. The number of aromatic nitrogens is 1. The molecule has 3 aromatic rings. The van der Waals surface area contributed by atoms with Crippen LogP contribution in [0.2, 0.25) is 0 Å². The second-order valence-electron chi connectivity index (χ2n) is 7.32. The van der Waals surface area contributed by atoms with E-state index in [4.69, 9.17) is 0 Å². The van der Waals surface area contributed by atoms with E-state index in [1.54, 1.807) is 18.3 Å². The summed E-state index contributed by atoms with van der Waals surface area (Å²) in [6.45, 7) is 3.34. The Bertz CT molecular complexity index is 1000. The highest BCUT2D eigenvalue weighted by molar-refractivity contribution is 7.09. The Morgan fingerprint density at radius 3 is 2.42 bits per heavy atom. The summed E-state index contributed by atoms with van der Waals surface area (Å²) >= 11 is 1.53. The lowest BCUT2D eigenvalue weighted by atomic mass is 10.1. The molecule has 9 heteroatoms. The van der Waals surface area contributed by atoms with Crippen molar-refractivity contribution in [2.75, 3.05) is 37.6 Å². The number of nitrogens with one attached hydrogen (secondary N) is 1. The molecule has 1 amide bonds. The zero-order valence-corrected chi connectivity index (χ0v) is 17.7. The van der Waals surface area contributed by atoms with Crippen molar-refractivity contribution < 1.29 is 9.72 Å². The molecule has 1 saturated heterocycles. The lowest BCUT2D eigenvalue weighted by Gasteiger charge is -2.35. The summed E-state index contributed by atoms with van der Waals surface area (Å²) in [7, 11) is 0. The minimum absolute atomic E-state index is 0.0344. The summed E-state index contributed by atoms with van der Waals surface area (Å²) in [6.07, 6.45) is 1.75. The molecule has 1 aromatic heterocycles. The maximum atomic E-state index is 12.8. The lowest BCUT2D eigenvalue weighted by Crippen LogP contribution is -2.49. The van der Waals surface area contributed by atoms with E-state index in [2.05, 4.69) is 20.1 Å². The fraction of sp³-hybridized carbons (Fsp3) is 0.273. The highest BCUT2D eigenvalue weighted by Crippen LogP contribution is 2.24. The summed E-state index contributed by atoms with van der Waals surface area (Å²) in [5.41, 5.74) is 2.06. The third-order valence-corrected chi connectivity index (χ3v) is 6.14. The molecule has 1 aliphatic rings. The monoisotopic (exact) mass is 437 g/mol. The molecule has 31 heavy (non-hydrogen) atoms. The minimum Gasteiger partial charge on any atom is -0.369 e. The number of hydrogen-bond acceptors (Lipinski definition) is 7. The van der Waals surface area contributed by atoms with Gasteiger partial charge >= 0.3 is 0 Å². The SMILES string of the molecule is O=C(CN1CCN(c2ccc([N+](=O)[O-])cc2)CC1)NC(c1ccccc1)c1nccs1. The summed E-state index contributed by atoms with van der Waals surface area (Å²) in [5, 5.41) is 16.7. The number of anilines is 1. The molecule has 1 N–H and O–H groups in total. The molecule has 1 unspecified atom stereocenters. The van der Waals surface area contributed by atoms with Gasteiger partial charge in [0.1, 0.15) is 11.0 Å². The quantitative estimate of drug-likeness (QED) is 0.451. The molecule has 0 radical (unpaired) electrons. The van der Waals surface area contributed by atoms with Gasteiger partial charge in [-0.15, -0.1) is 11.3 Å². The van der Waals surface area contributed by atoms with Crippen molar-refractivity contribution >= 4 is 28.6 Å². The molecule has 2 aromatic carbocycles.